The molecule has 0 aromatic heterocycles. The third kappa shape index (κ3) is 14.5. The molecule has 0 atom stereocenters. The minimum Gasteiger partial charge on any atom is -0.356 e. The van der Waals surface area contributed by atoms with E-state index in [0.717, 1.165) is 38.2 Å². The van der Waals surface area contributed by atoms with Crippen molar-refractivity contribution in [3.8, 4) is 0 Å². The Morgan fingerprint density at radius 1 is 1.18 bits per heavy atom. The van der Waals surface area contributed by atoms with Gasteiger partial charge in [-0.3, -0.25) is 4.99 Å². The molecule has 0 bridgehead atoms. The predicted octanol–water partition coefficient (Wildman–Crippen LogP) is 4.59. The quantitative estimate of drug-likeness (QED) is 0.179. The molecule has 0 heterocycles. The number of guanidine groups is 1. The first-order valence-electron chi connectivity index (χ1n) is 7.50. The predicted molar refractivity (Wildman–Crippen MR) is 98.0 cm³/mol. The molecule has 7 heteroatoms. The summed E-state index contributed by atoms with van der Waals surface area (Å²) in [5, 5.41) is 3.10. The van der Waals surface area contributed by atoms with E-state index in [0.29, 0.717) is 13.0 Å². The first kappa shape index (κ1) is 23.8. The van der Waals surface area contributed by atoms with Crippen molar-refractivity contribution in [1.82, 2.24) is 10.2 Å². The Balaban J connectivity index is 0. The van der Waals surface area contributed by atoms with Gasteiger partial charge in [-0.05, 0) is 32.1 Å². The SMILES string of the molecule is C=CCCCCCN(C)C(=NC)NCCCCC(F)(F)F.I. The van der Waals surface area contributed by atoms with Crippen LogP contribution in [0.1, 0.15) is 44.9 Å². The summed E-state index contributed by atoms with van der Waals surface area (Å²) in [6.07, 6.45) is 2.18. The molecule has 0 aromatic carbocycles. The molecule has 0 aliphatic rings. The van der Waals surface area contributed by atoms with Crippen molar-refractivity contribution < 1.29 is 13.2 Å². The van der Waals surface area contributed by atoms with Crippen molar-refractivity contribution >= 4 is 29.9 Å². The Morgan fingerprint density at radius 2 is 1.86 bits per heavy atom. The van der Waals surface area contributed by atoms with Gasteiger partial charge in [0.1, 0.15) is 0 Å². The van der Waals surface area contributed by atoms with Gasteiger partial charge in [0.05, 0.1) is 0 Å². The number of nitrogens with zero attached hydrogens (tertiary/aromatic N) is 2. The van der Waals surface area contributed by atoms with Crippen LogP contribution in [0.15, 0.2) is 17.6 Å². The van der Waals surface area contributed by atoms with Gasteiger partial charge in [-0.2, -0.15) is 13.2 Å². The van der Waals surface area contributed by atoms with Crippen molar-refractivity contribution in [3.63, 3.8) is 0 Å². The summed E-state index contributed by atoms with van der Waals surface area (Å²) in [7, 11) is 3.63. The first-order valence-corrected chi connectivity index (χ1v) is 7.50. The number of unbranched alkanes of at least 4 members (excludes halogenated alkanes) is 4. The van der Waals surface area contributed by atoms with Crippen LogP contribution in [0, 0.1) is 0 Å². The summed E-state index contributed by atoms with van der Waals surface area (Å²) in [6.45, 7) is 5.09. The molecule has 0 amide bonds. The van der Waals surface area contributed by atoms with Gasteiger partial charge in [0.25, 0.3) is 0 Å². The van der Waals surface area contributed by atoms with Crippen LogP contribution in [-0.4, -0.2) is 44.2 Å². The van der Waals surface area contributed by atoms with Crippen LogP contribution in [-0.2, 0) is 0 Å². The topological polar surface area (TPSA) is 27.6 Å². The monoisotopic (exact) mass is 435 g/mol. The lowest BCUT2D eigenvalue weighted by molar-refractivity contribution is -0.135. The zero-order chi connectivity index (χ0) is 16.1. The van der Waals surface area contributed by atoms with Crippen LogP contribution in [0.4, 0.5) is 13.2 Å². The van der Waals surface area contributed by atoms with E-state index in [-0.39, 0.29) is 30.4 Å². The lowest BCUT2D eigenvalue weighted by atomic mass is 10.2. The maximum atomic E-state index is 12.0. The zero-order valence-electron chi connectivity index (χ0n) is 13.6. The van der Waals surface area contributed by atoms with Gasteiger partial charge in [0.15, 0.2) is 5.96 Å². The highest BCUT2D eigenvalue weighted by molar-refractivity contribution is 14.0. The average Bonchev–Trinajstić information content (AvgIpc) is 2.41. The molecule has 0 aliphatic carbocycles. The van der Waals surface area contributed by atoms with Crippen LogP contribution in [0.3, 0.4) is 0 Å². The molecule has 3 nitrogen and oxygen atoms in total. The minimum atomic E-state index is -4.05. The van der Waals surface area contributed by atoms with Crippen molar-refractivity contribution in [2.75, 3.05) is 27.2 Å². The highest BCUT2D eigenvalue weighted by Gasteiger charge is 2.25. The van der Waals surface area contributed by atoms with Crippen LogP contribution < -0.4 is 5.32 Å². The third-order valence-electron chi connectivity index (χ3n) is 3.15. The molecular weight excluding hydrogens is 406 g/mol. The second-order valence-corrected chi connectivity index (χ2v) is 5.11. The Labute approximate surface area is 149 Å². The standard InChI is InChI=1S/C15H28F3N3.HI/c1-4-5-6-7-10-13-21(3)14(19-2)20-12-9-8-11-15(16,17)18;/h4H,1,5-13H2,2-3H3,(H,19,20);1H. The van der Waals surface area contributed by atoms with E-state index in [2.05, 4.69) is 16.9 Å². The van der Waals surface area contributed by atoms with Gasteiger partial charge in [0, 0.05) is 33.6 Å². The highest BCUT2D eigenvalue weighted by Crippen LogP contribution is 2.21. The minimum absolute atomic E-state index is 0. The van der Waals surface area contributed by atoms with Gasteiger partial charge in [0.2, 0.25) is 0 Å². The zero-order valence-corrected chi connectivity index (χ0v) is 15.9. The lowest BCUT2D eigenvalue weighted by Crippen LogP contribution is -2.39. The Bertz CT molecular complexity index is 307. The van der Waals surface area contributed by atoms with Crippen LogP contribution >= 0.6 is 24.0 Å². The van der Waals surface area contributed by atoms with Crippen LogP contribution in [0.5, 0.6) is 0 Å². The molecule has 0 spiro atoms. The van der Waals surface area contributed by atoms with Crippen molar-refractivity contribution in [2.45, 2.75) is 51.1 Å². The second kappa shape index (κ2) is 14.1. The van der Waals surface area contributed by atoms with Crippen molar-refractivity contribution in [3.05, 3.63) is 12.7 Å². The molecule has 0 rings (SSSR count). The average molecular weight is 435 g/mol. The van der Waals surface area contributed by atoms with E-state index in [1.54, 1.807) is 7.05 Å². The number of halogens is 4. The van der Waals surface area contributed by atoms with Crippen molar-refractivity contribution in [1.29, 1.82) is 0 Å². The van der Waals surface area contributed by atoms with E-state index in [1.807, 2.05) is 18.0 Å². The number of allylic oxidation sites excluding steroid dienone is 1. The summed E-state index contributed by atoms with van der Waals surface area (Å²) >= 11 is 0. The summed E-state index contributed by atoms with van der Waals surface area (Å²) in [4.78, 5) is 6.15. The fraction of sp³-hybridized carbons (Fsp3) is 0.800. The maximum Gasteiger partial charge on any atom is 0.389 e. The third-order valence-corrected chi connectivity index (χ3v) is 3.15. The number of rotatable bonds is 10. The second-order valence-electron chi connectivity index (χ2n) is 5.11. The maximum absolute atomic E-state index is 12.0. The molecule has 0 unspecified atom stereocenters. The molecule has 132 valence electrons. The van der Waals surface area contributed by atoms with Crippen molar-refractivity contribution in [2.24, 2.45) is 4.99 Å². The highest BCUT2D eigenvalue weighted by atomic mass is 127. The molecule has 0 radical (unpaired) electrons. The molecular formula is C15H29F3IN3. The van der Waals surface area contributed by atoms with E-state index in [9.17, 15) is 13.2 Å². The first-order chi connectivity index (χ1) is 9.90. The lowest BCUT2D eigenvalue weighted by Gasteiger charge is -2.22. The smallest absolute Gasteiger partial charge is 0.356 e. The number of hydrogen-bond donors (Lipinski definition) is 1. The van der Waals surface area contributed by atoms with E-state index < -0.39 is 12.6 Å². The summed E-state index contributed by atoms with van der Waals surface area (Å²) < 4.78 is 36.0. The number of alkyl halides is 3. The Morgan fingerprint density at radius 3 is 2.41 bits per heavy atom. The normalized spacial score (nSPS) is 11.8. The molecule has 0 fully saturated rings. The van der Waals surface area contributed by atoms with Crippen LogP contribution in [0.2, 0.25) is 0 Å². The van der Waals surface area contributed by atoms with Gasteiger partial charge >= 0.3 is 6.18 Å². The van der Waals surface area contributed by atoms with Gasteiger partial charge < -0.3 is 10.2 Å². The Kier molecular flexibility index (Phi) is 15.3. The van der Waals surface area contributed by atoms with E-state index in [1.165, 1.54) is 0 Å². The number of hydrogen-bond acceptors (Lipinski definition) is 1. The number of aliphatic imine (C=N–C) groups is 1. The van der Waals surface area contributed by atoms with Gasteiger partial charge in [-0.15, -0.1) is 30.6 Å². The van der Waals surface area contributed by atoms with Gasteiger partial charge in [-0.25, -0.2) is 0 Å². The Hall–Kier alpha value is -0.470. The van der Waals surface area contributed by atoms with E-state index in [4.69, 9.17) is 0 Å². The molecule has 0 saturated carbocycles. The fourth-order valence-corrected chi connectivity index (χ4v) is 1.96. The molecule has 0 saturated heterocycles. The molecule has 0 aromatic rings. The fourth-order valence-electron chi connectivity index (χ4n) is 1.96. The molecule has 22 heavy (non-hydrogen) atoms. The van der Waals surface area contributed by atoms with Crippen LogP contribution in [0.25, 0.3) is 0 Å². The number of nitrogens with one attached hydrogen (secondary N) is 1. The summed E-state index contributed by atoms with van der Waals surface area (Å²) in [6, 6.07) is 0. The summed E-state index contributed by atoms with van der Waals surface area (Å²) in [5.74, 6) is 0.741. The molecule has 1 N–H and O–H groups in total. The molecule has 0 aliphatic heterocycles. The summed E-state index contributed by atoms with van der Waals surface area (Å²) in [5.41, 5.74) is 0. The van der Waals surface area contributed by atoms with Gasteiger partial charge in [-0.1, -0.05) is 12.5 Å². The van der Waals surface area contributed by atoms with E-state index >= 15 is 0 Å². The largest absolute Gasteiger partial charge is 0.389 e.